The van der Waals surface area contributed by atoms with Crippen LogP contribution in [0.4, 0.5) is 0 Å². The fraction of sp³-hybridized carbons (Fsp3) is 0.318. The number of rotatable bonds is 7. The minimum Gasteiger partial charge on any atom is -0.484 e. The molecule has 1 aliphatic rings. The first-order valence-corrected chi connectivity index (χ1v) is 9.87. The normalized spacial score (nSPS) is 13.6. The molecular formula is C22H24N4O3. The number of imidazole rings is 1. The van der Waals surface area contributed by atoms with Crippen molar-refractivity contribution < 1.29 is 14.3 Å². The number of carbonyl (C=O) groups excluding carboxylic acids is 2. The highest BCUT2D eigenvalue weighted by Gasteiger charge is 2.21. The van der Waals surface area contributed by atoms with Crippen LogP contribution in [0.2, 0.25) is 0 Å². The minimum atomic E-state index is -0.238. The summed E-state index contributed by atoms with van der Waals surface area (Å²) in [5.41, 5.74) is 1.70. The van der Waals surface area contributed by atoms with Gasteiger partial charge in [0, 0.05) is 13.1 Å². The van der Waals surface area contributed by atoms with Gasteiger partial charge in [0.05, 0.1) is 17.6 Å². The van der Waals surface area contributed by atoms with Crippen LogP contribution in [0.15, 0.2) is 54.6 Å². The lowest BCUT2D eigenvalue weighted by molar-refractivity contribution is -0.130. The van der Waals surface area contributed by atoms with E-state index in [0.717, 1.165) is 37.0 Å². The van der Waals surface area contributed by atoms with Crippen LogP contribution in [0.3, 0.4) is 0 Å². The van der Waals surface area contributed by atoms with E-state index < -0.39 is 0 Å². The molecule has 1 fully saturated rings. The minimum absolute atomic E-state index is 0.0725. The monoisotopic (exact) mass is 392 g/mol. The number of nitrogens with zero attached hydrogens (tertiary/aromatic N) is 3. The van der Waals surface area contributed by atoms with Crippen LogP contribution < -0.4 is 10.1 Å². The Morgan fingerprint density at radius 3 is 2.52 bits per heavy atom. The van der Waals surface area contributed by atoms with E-state index in [1.54, 1.807) is 12.1 Å². The third-order valence-electron chi connectivity index (χ3n) is 5.04. The number of likely N-dealkylation sites (tertiary alicyclic amines) is 1. The molecule has 0 bridgehead atoms. The molecule has 0 unspecified atom stereocenters. The Balaban J connectivity index is 1.43. The zero-order chi connectivity index (χ0) is 20.1. The van der Waals surface area contributed by atoms with Gasteiger partial charge in [-0.3, -0.25) is 9.59 Å². The number of nitrogens with one attached hydrogen (secondary N) is 1. The molecule has 150 valence electrons. The number of aromatic nitrogens is 2. The van der Waals surface area contributed by atoms with Gasteiger partial charge < -0.3 is 19.5 Å². The first-order valence-electron chi connectivity index (χ1n) is 9.87. The lowest BCUT2D eigenvalue weighted by atomic mass is 10.3. The van der Waals surface area contributed by atoms with Gasteiger partial charge in [-0.15, -0.1) is 0 Å². The molecule has 0 radical (unpaired) electrons. The van der Waals surface area contributed by atoms with Crippen molar-refractivity contribution >= 4 is 22.8 Å². The van der Waals surface area contributed by atoms with Crippen LogP contribution >= 0.6 is 0 Å². The van der Waals surface area contributed by atoms with Crippen molar-refractivity contribution in [2.45, 2.75) is 25.9 Å². The molecule has 7 heteroatoms. The number of para-hydroxylation sites is 3. The number of fused-ring (bicyclic) bond motifs is 1. The highest BCUT2D eigenvalue weighted by molar-refractivity contribution is 5.82. The summed E-state index contributed by atoms with van der Waals surface area (Å²) in [4.78, 5) is 31.4. The van der Waals surface area contributed by atoms with Gasteiger partial charge in [-0.25, -0.2) is 4.98 Å². The van der Waals surface area contributed by atoms with E-state index in [2.05, 4.69) is 10.3 Å². The molecule has 1 aromatic heterocycles. The zero-order valence-electron chi connectivity index (χ0n) is 16.2. The van der Waals surface area contributed by atoms with Crippen LogP contribution in [0.1, 0.15) is 18.7 Å². The molecule has 2 aromatic carbocycles. The molecule has 1 saturated heterocycles. The molecule has 0 aliphatic carbocycles. The predicted molar refractivity (Wildman–Crippen MR) is 109 cm³/mol. The van der Waals surface area contributed by atoms with Crippen LogP contribution in [-0.4, -0.2) is 46.0 Å². The number of benzene rings is 2. The maximum absolute atomic E-state index is 12.7. The number of hydrogen-bond acceptors (Lipinski definition) is 4. The van der Waals surface area contributed by atoms with E-state index in [0.29, 0.717) is 11.6 Å². The van der Waals surface area contributed by atoms with E-state index in [9.17, 15) is 9.59 Å². The maximum atomic E-state index is 12.7. The summed E-state index contributed by atoms with van der Waals surface area (Å²) in [5, 5.41) is 2.84. The largest absolute Gasteiger partial charge is 0.484 e. The van der Waals surface area contributed by atoms with E-state index >= 15 is 0 Å². The molecule has 7 nitrogen and oxygen atoms in total. The lowest BCUT2D eigenvalue weighted by Crippen LogP contribution is -2.33. The highest BCUT2D eigenvalue weighted by Crippen LogP contribution is 2.17. The summed E-state index contributed by atoms with van der Waals surface area (Å²) in [6.07, 6.45) is 2.11. The average Bonchev–Trinajstić information content (AvgIpc) is 3.40. The van der Waals surface area contributed by atoms with Crippen molar-refractivity contribution in [3.63, 3.8) is 0 Å². The highest BCUT2D eigenvalue weighted by atomic mass is 16.5. The Kier molecular flexibility index (Phi) is 5.74. The van der Waals surface area contributed by atoms with Crippen LogP contribution in [0, 0.1) is 0 Å². The quantitative estimate of drug-likeness (QED) is 0.670. The summed E-state index contributed by atoms with van der Waals surface area (Å²) in [7, 11) is 0. The second-order valence-corrected chi connectivity index (χ2v) is 7.07. The van der Waals surface area contributed by atoms with Gasteiger partial charge >= 0.3 is 0 Å². The van der Waals surface area contributed by atoms with Crippen LogP contribution in [0.5, 0.6) is 5.75 Å². The van der Waals surface area contributed by atoms with E-state index in [1.807, 2.05) is 51.9 Å². The molecule has 1 aliphatic heterocycles. The van der Waals surface area contributed by atoms with Crippen molar-refractivity contribution in [3.8, 4) is 5.75 Å². The van der Waals surface area contributed by atoms with Gasteiger partial charge in [0.1, 0.15) is 18.1 Å². The second kappa shape index (κ2) is 8.77. The van der Waals surface area contributed by atoms with Gasteiger partial charge in [0.2, 0.25) is 5.91 Å². The smallest absolute Gasteiger partial charge is 0.258 e. The van der Waals surface area contributed by atoms with Gasteiger partial charge in [-0.2, -0.15) is 0 Å². The molecule has 1 N–H and O–H groups in total. The summed E-state index contributed by atoms with van der Waals surface area (Å²) in [5.74, 6) is 1.15. The van der Waals surface area contributed by atoms with Gasteiger partial charge in [-0.05, 0) is 37.1 Å². The summed E-state index contributed by atoms with van der Waals surface area (Å²) < 4.78 is 7.37. The Morgan fingerprint density at radius 2 is 1.72 bits per heavy atom. The van der Waals surface area contributed by atoms with E-state index in [1.165, 1.54) is 0 Å². The second-order valence-electron chi connectivity index (χ2n) is 7.07. The molecule has 0 spiro atoms. The molecule has 3 aromatic rings. The predicted octanol–water partition coefficient (Wildman–Crippen LogP) is 2.35. The molecular weight excluding hydrogens is 368 g/mol. The van der Waals surface area contributed by atoms with Gasteiger partial charge in [-0.1, -0.05) is 30.3 Å². The van der Waals surface area contributed by atoms with E-state index in [4.69, 9.17) is 4.74 Å². The third kappa shape index (κ3) is 4.56. The standard InChI is InChI=1S/C22H24N4O3/c27-21(16-29-17-8-2-1-3-9-17)23-14-20-24-18-10-4-5-11-19(18)26(20)15-22(28)25-12-6-7-13-25/h1-5,8-11H,6-7,12-16H2,(H,23,27). The van der Waals surface area contributed by atoms with Crippen molar-refractivity contribution in [3.05, 3.63) is 60.4 Å². The molecule has 0 atom stereocenters. The molecule has 2 heterocycles. The number of amides is 2. The maximum Gasteiger partial charge on any atom is 0.258 e. The Bertz CT molecular complexity index is 994. The summed E-state index contributed by atoms with van der Waals surface area (Å²) in [6.45, 7) is 2.02. The topological polar surface area (TPSA) is 76.5 Å². The average molecular weight is 392 g/mol. The molecule has 0 saturated carbocycles. The van der Waals surface area contributed by atoms with Crippen molar-refractivity contribution in [2.75, 3.05) is 19.7 Å². The van der Waals surface area contributed by atoms with Gasteiger partial charge in [0.15, 0.2) is 6.61 Å². The van der Waals surface area contributed by atoms with Crippen molar-refractivity contribution in [1.29, 1.82) is 0 Å². The third-order valence-corrected chi connectivity index (χ3v) is 5.04. The fourth-order valence-electron chi connectivity index (χ4n) is 3.53. The van der Waals surface area contributed by atoms with Gasteiger partial charge in [0.25, 0.3) is 5.91 Å². The SMILES string of the molecule is O=C(COc1ccccc1)NCc1nc2ccccc2n1CC(=O)N1CCCC1. The first-order chi connectivity index (χ1) is 14.2. The van der Waals surface area contributed by atoms with Crippen molar-refractivity contribution in [1.82, 2.24) is 19.8 Å². The fourth-order valence-corrected chi connectivity index (χ4v) is 3.53. The molecule has 2 amide bonds. The number of carbonyl (C=O) groups is 2. The summed E-state index contributed by atoms with van der Waals surface area (Å²) >= 11 is 0. The number of hydrogen-bond donors (Lipinski definition) is 1. The van der Waals surface area contributed by atoms with Crippen LogP contribution in [0.25, 0.3) is 11.0 Å². The Hall–Kier alpha value is -3.35. The Morgan fingerprint density at radius 1 is 1.00 bits per heavy atom. The lowest BCUT2D eigenvalue weighted by Gasteiger charge is -2.17. The summed E-state index contributed by atoms with van der Waals surface area (Å²) in [6, 6.07) is 16.9. The van der Waals surface area contributed by atoms with Crippen molar-refractivity contribution in [2.24, 2.45) is 0 Å². The molecule has 4 rings (SSSR count). The Labute approximate surface area is 169 Å². The molecule has 29 heavy (non-hydrogen) atoms. The van der Waals surface area contributed by atoms with Crippen LogP contribution in [-0.2, 0) is 22.7 Å². The first kappa shape index (κ1) is 19.0. The van der Waals surface area contributed by atoms with E-state index in [-0.39, 0.29) is 31.5 Å². The number of ether oxygens (including phenoxy) is 1. The zero-order valence-corrected chi connectivity index (χ0v) is 16.2.